The van der Waals surface area contributed by atoms with E-state index in [9.17, 15) is 9.59 Å². The third kappa shape index (κ3) is 4.74. The van der Waals surface area contributed by atoms with E-state index in [2.05, 4.69) is 4.98 Å². The van der Waals surface area contributed by atoms with Gasteiger partial charge in [0.25, 0.3) is 5.56 Å². The Balaban J connectivity index is 1.54. The van der Waals surface area contributed by atoms with E-state index in [0.717, 1.165) is 11.1 Å². The molecule has 0 bridgehead atoms. The number of fused-ring (bicyclic) bond motifs is 1. The summed E-state index contributed by atoms with van der Waals surface area (Å²) in [6, 6.07) is 16.3. The molecule has 0 unspecified atom stereocenters. The molecule has 0 saturated heterocycles. The first-order valence-corrected chi connectivity index (χ1v) is 11.9. The first kappa shape index (κ1) is 24.3. The molecule has 0 aliphatic rings. The van der Waals surface area contributed by atoms with E-state index in [1.807, 2.05) is 37.3 Å². The van der Waals surface area contributed by atoms with Crippen molar-refractivity contribution in [2.24, 2.45) is 7.05 Å². The van der Waals surface area contributed by atoms with Gasteiger partial charge in [-0.2, -0.15) is 0 Å². The summed E-state index contributed by atoms with van der Waals surface area (Å²) in [5, 5.41) is 1.29. The summed E-state index contributed by atoms with van der Waals surface area (Å²) in [6.07, 6.45) is 0. The van der Waals surface area contributed by atoms with Gasteiger partial charge in [-0.25, -0.2) is 4.98 Å². The van der Waals surface area contributed by atoms with Gasteiger partial charge in [0.05, 0.1) is 32.2 Å². The van der Waals surface area contributed by atoms with Crippen molar-refractivity contribution in [3.8, 4) is 17.2 Å². The van der Waals surface area contributed by atoms with Crippen molar-refractivity contribution in [1.29, 1.82) is 0 Å². The molecule has 35 heavy (non-hydrogen) atoms. The van der Waals surface area contributed by atoms with Gasteiger partial charge < -0.3 is 14.2 Å². The fraction of sp³-hybridized carbons (Fsp3) is 0.222. The van der Waals surface area contributed by atoms with Crippen LogP contribution in [0.2, 0.25) is 0 Å². The molecule has 3 aromatic carbocycles. The van der Waals surface area contributed by atoms with Crippen LogP contribution in [0, 0.1) is 6.92 Å². The second-order valence-corrected chi connectivity index (χ2v) is 8.90. The fourth-order valence-electron chi connectivity index (χ4n) is 3.86. The van der Waals surface area contributed by atoms with E-state index in [-0.39, 0.29) is 11.3 Å². The highest BCUT2D eigenvalue weighted by molar-refractivity contribution is 7.98. The molecule has 7 nitrogen and oxygen atoms in total. The fourth-order valence-corrected chi connectivity index (χ4v) is 4.79. The maximum atomic E-state index is 13.1. The zero-order valence-electron chi connectivity index (χ0n) is 20.2. The molecular weight excluding hydrogens is 464 g/mol. The van der Waals surface area contributed by atoms with Gasteiger partial charge in [-0.15, -0.1) is 0 Å². The third-order valence-corrected chi connectivity index (χ3v) is 6.88. The average Bonchev–Trinajstić information content (AvgIpc) is 2.88. The van der Waals surface area contributed by atoms with Crippen molar-refractivity contribution in [3.63, 3.8) is 0 Å². The van der Waals surface area contributed by atoms with E-state index in [1.54, 1.807) is 35.9 Å². The van der Waals surface area contributed by atoms with Gasteiger partial charge in [0.1, 0.15) is 0 Å². The van der Waals surface area contributed by atoms with Crippen LogP contribution in [-0.4, -0.2) is 36.7 Å². The Morgan fingerprint density at radius 2 is 1.60 bits per heavy atom. The van der Waals surface area contributed by atoms with Crippen molar-refractivity contribution in [1.82, 2.24) is 9.55 Å². The molecule has 0 aliphatic carbocycles. The van der Waals surface area contributed by atoms with Crippen LogP contribution in [0.15, 0.2) is 64.5 Å². The van der Waals surface area contributed by atoms with Crippen LogP contribution in [0.25, 0.3) is 10.9 Å². The van der Waals surface area contributed by atoms with Gasteiger partial charge in [0.15, 0.2) is 22.4 Å². The highest BCUT2D eigenvalue weighted by Gasteiger charge is 2.18. The number of thioether (sulfide) groups is 1. The molecular formula is C27H26N2O5S. The molecule has 0 atom stereocenters. The Bertz CT molecular complexity index is 1440. The Hall–Kier alpha value is -3.78. The van der Waals surface area contributed by atoms with Crippen molar-refractivity contribution >= 4 is 28.4 Å². The molecule has 4 aromatic rings. The summed E-state index contributed by atoms with van der Waals surface area (Å²) in [5.74, 6) is 1.73. The van der Waals surface area contributed by atoms with Crippen molar-refractivity contribution < 1.29 is 19.0 Å². The van der Waals surface area contributed by atoms with Gasteiger partial charge in [-0.05, 0) is 36.2 Å². The Labute approximate surface area is 207 Å². The smallest absolute Gasteiger partial charge is 0.262 e. The maximum absolute atomic E-state index is 13.1. The van der Waals surface area contributed by atoms with E-state index in [1.165, 1.54) is 33.1 Å². The Kier molecular flexibility index (Phi) is 7.12. The summed E-state index contributed by atoms with van der Waals surface area (Å²) < 4.78 is 17.6. The molecule has 8 heteroatoms. The Morgan fingerprint density at radius 3 is 2.20 bits per heavy atom. The number of aromatic nitrogens is 2. The van der Waals surface area contributed by atoms with E-state index in [0.29, 0.717) is 50.2 Å². The molecule has 0 N–H and O–H groups in total. The van der Waals surface area contributed by atoms with Crippen molar-refractivity contribution in [2.75, 3.05) is 21.3 Å². The van der Waals surface area contributed by atoms with Crippen molar-refractivity contribution in [3.05, 3.63) is 87.2 Å². The zero-order chi connectivity index (χ0) is 25.1. The van der Waals surface area contributed by atoms with E-state index >= 15 is 0 Å². The zero-order valence-corrected chi connectivity index (χ0v) is 21.1. The highest BCUT2D eigenvalue weighted by Crippen LogP contribution is 2.38. The molecule has 1 aromatic heterocycles. The molecule has 1 heterocycles. The first-order chi connectivity index (χ1) is 16.9. The minimum absolute atomic E-state index is 0.0538. The number of ketones is 1. The van der Waals surface area contributed by atoms with Crippen molar-refractivity contribution in [2.45, 2.75) is 17.8 Å². The third-order valence-electron chi connectivity index (χ3n) is 5.78. The lowest BCUT2D eigenvalue weighted by Crippen LogP contribution is -2.20. The van der Waals surface area contributed by atoms with Crippen LogP contribution in [0.4, 0.5) is 0 Å². The topological polar surface area (TPSA) is 79.7 Å². The number of nitrogens with zero attached hydrogens (tertiary/aromatic N) is 2. The van der Waals surface area contributed by atoms with E-state index < -0.39 is 0 Å². The first-order valence-electron chi connectivity index (χ1n) is 10.9. The summed E-state index contributed by atoms with van der Waals surface area (Å²) in [5.41, 5.74) is 3.55. The number of aryl methyl sites for hydroxylation is 1. The monoisotopic (exact) mass is 490 g/mol. The second kappa shape index (κ2) is 10.2. The van der Waals surface area contributed by atoms with Gasteiger partial charge in [0.2, 0.25) is 5.75 Å². The number of benzene rings is 3. The number of carbonyl (C=O) groups excluding carboxylic acids is 1. The lowest BCUT2D eigenvalue weighted by molar-refractivity contribution is 0.103. The normalized spacial score (nSPS) is 10.9. The minimum Gasteiger partial charge on any atom is -0.493 e. The number of carbonyl (C=O) groups is 1. The van der Waals surface area contributed by atoms with Gasteiger partial charge in [-0.1, -0.05) is 48.2 Å². The lowest BCUT2D eigenvalue weighted by atomic mass is 10.0. The van der Waals surface area contributed by atoms with Crippen LogP contribution in [0.3, 0.4) is 0 Å². The molecule has 0 spiro atoms. The summed E-state index contributed by atoms with van der Waals surface area (Å²) in [6.45, 7) is 1.92. The van der Waals surface area contributed by atoms with E-state index in [4.69, 9.17) is 14.2 Å². The standard InChI is InChI=1S/C27H26N2O5S/c1-16-7-6-8-20-23(16)26(31)29(2)27(28-20)35-15-17-9-11-18(12-10-17)24(30)19-13-21(32-3)25(34-5)22(14-19)33-4/h6-14H,15H2,1-5H3. The average molecular weight is 491 g/mol. The highest BCUT2D eigenvalue weighted by atomic mass is 32.2. The van der Waals surface area contributed by atoms with Gasteiger partial charge in [0, 0.05) is 23.9 Å². The molecule has 0 radical (unpaired) electrons. The number of methoxy groups -OCH3 is 3. The molecule has 0 saturated carbocycles. The number of hydrogen-bond donors (Lipinski definition) is 0. The second-order valence-electron chi connectivity index (χ2n) is 7.96. The van der Waals surface area contributed by atoms with Gasteiger partial charge in [-0.3, -0.25) is 14.2 Å². The lowest BCUT2D eigenvalue weighted by Gasteiger charge is -2.14. The van der Waals surface area contributed by atoms with Crippen LogP contribution in [-0.2, 0) is 12.8 Å². The summed E-state index contributed by atoms with van der Waals surface area (Å²) in [4.78, 5) is 30.6. The number of rotatable bonds is 8. The van der Waals surface area contributed by atoms with Crippen LogP contribution in [0.1, 0.15) is 27.0 Å². The molecule has 0 fully saturated rings. The van der Waals surface area contributed by atoms with Gasteiger partial charge >= 0.3 is 0 Å². The maximum Gasteiger partial charge on any atom is 0.262 e. The molecule has 0 aliphatic heterocycles. The summed E-state index contributed by atoms with van der Waals surface area (Å²) in [7, 11) is 6.28. The predicted molar refractivity (Wildman–Crippen MR) is 137 cm³/mol. The summed E-state index contributed by atoms with van der Waals surface area (Å²) >= 11 is 1.48. The quantitative estimate of drug-likeness (QED) is 0.200. The largest absolute Gasteiger partial charge is 0.493 e. The molecule has 4 rings (SSSR count). The van der Waals surface area contributed by atoms with Crippen LogP contribution >= 0.6 is 11.8 Å². The predicted octanol–water partition coefficient (Wildman–Crippen LogP) is 4.79. The number of hydrogen-bond acceptors (Lipinski definition) is 7. The Morgan fingerprint density at radius 1 is 0.943 bits per heavy atom. The molecule has 180 valence electrons. The SMILES string of the molecule is COc1cc(C(=O)c2ccc(CSc3nc4cccc(C)c4c(=O)n3C)cc2)cc(OC)c1OC. The van der Waals surface area contributed by atoms with Crippen LogP contribution in [0.5, 0.6) is 17.2 Å². The number of ether oxygens (including phenoxy) is 3. The van der Waals surface area contributed by atoms with Crippen LogP contribution < -0.4 is 19.8 Å². The molecule has 0 amide bonds. The minimum atomic E-state index is -0.155.